The highest BCUT2D eigenvalue weighted by atomic mass is 32.2. The van der Waals surface area contributed by atoms with E-state index in [0.717, 1.165) is 44.9 Å². The molecule has 0 saturated heterocycles. The van der Waals surface area contributed by atoms with Crippen molar-refractivity contribution in [3.05, 3.63) is 0 Å². The first-order valence-electron chi connectivity index (χ1n) is 14.7. The third-order valence-corrected chi connectivity index (χ3v) is 12.9. The highest BCUT2D eigenvalue weighted by Crippen LogP contribution is 2.68. The number of halogens is 1. The van der Waals surface area contributed by atoms with E-state index in [9.17, 15) is 22.9 Å². The van der Waals surface area contributed by atoms with E-state index in [1.54, 1.807) is 0 Å². The van der Waals surface area contributed by atoms with Gasteiger partial charge in [-0.25, -0.2) is 13.1 Å². The number of hydrogen-bond donors (Lipinski definition) is 4. The number of phosphoric acid groups is 1. The molecule has 0 bridgehead atoms. The lowest BCUT2D eigenvalue weighted by Crippen LogP contribution is -2.57. The second-order valence-corrected chi connectivity index (χ2v) is 16.4. The van der Waals surface area contributed by atoms with E-state index in [-0.39, 0.29) is 53.6 Å². The van der Waals surface area contributed by atoms with Gasteiger partial charge < -0.3 is 20.2 Å². The molecule has 1 amide bonds. The number of phosphoric ester groups is 1. The van der Waals surface area contributed by atoms with Gasteiger partial charge >= 0.3 is 7.82 Å². The van der Waals surface area contributed by atoms with Crippen LogP contribution in [0.15, 0.2) is 0 Å². The van der Waals surface area contributed by atoms with E-state index in [1.165, 1.54) is 0 Å². The largest absolute Gasteiger partial charge is 0.471 e. The number of carbonyl (C=O) groups excluding carboxylic acids is 1. The predicted molar refractivity (Wildman–Crippen MR) is 146 cm³/mol. The number of carbonyl (C=O) groups is 1. The number of rotatable bonds is 11. The Labute approximate surface area is 237 Å². The summed E-state index contributed by atoms with van der Waals surface area (Å²) in [5.74, 6) is 0.901. The van der Waals surface area contributed by atoms with Crippen molar-refractivity contribution in [1.82, 2.24) is 5.32 Å². The molecule has 10 unspecified atom stereocenters. The second kappa shape index (κ2) is 12.2. The summed E-state index contributed by atoms with van der Waals surface area (Å²) in [5.41, 5.74) is 0.153. The molecule has 4 fully saturated rings. The minimum Gasteiger partial charge on any atom is -0.393 e. The number of amides is 1. The molecule has 0 spiro atoms. The predicted octanol–water partition coefficient (Wildman–Crippen LogP) is 3.90. The molecule has 0 heterocycles. The lowest BCUT2D eigenvalue weighted by atomic mass is 9.44. The van der Waals surface area contributed by atoms with Crippen LogP contribution in [0, 0.1) is 46.3 Å². The van der Waals surface area contributed by atoms with Gasteiger partial charge in [-0.3, -0.25) is 9.32 Å². The Morgan fingerprint density at radius 1 is 1.10 bits per heavy atom. The molecule has 4 aliphatic carbocycles. The maximum absolute atomic E-state index is 15.9. The minimum atomic E-state index is -4.84. The maximum Gasteiger partial charge on any atom is 0.471 e. The number of aliphatic hydroxyl groups is 1. The Morgan fingerprint density at radius 2 is 1.77 bits per heavy atom. The van der Waals surface area contributed by atoms with Crippen molar-refractivity contribution in [2.45, 2.75) is 97.3 Å². The zero-order chi connectivity index (χ0) is 29.5. The number of alkyl halides is 1. The first-order chi connectivity index (χ1) is 18.6. The van der Waals surface area contributed by atoms with Crippen LogP contribution in [0.3, 0.4) is 0 Å². The van der Waals surface area contributed by atoms with Crippen molar-refractivity contribution >= 4 is 23.8 Å². The Morgan fingerprint density at radius 3 is 2.48 bits per heavy atom. The molecular weight excluding hydrogens is 564 g/mol. The van der Waals surface area contributed by atoms with Crippen molar-refractivity contribution in [3.63, 3.8) is 0 Å². The molecule has 0 aromatic rings. The third-order valence-electron chi connectivity index (χ3n) is 11.3. The van der Waals surface area contributed by atoms with Crippen LogP contribution < -0.4 is 5.32 Å². The number of aliphatic hydroxyl groups excluding tert-OH is 1. The van der Waals surface area contributed by atoms with Crippen LogP contribution in [0.4, 0.5) is 4.39 Å². The van der Waals surface area contributed by atoms with Crippen LogP contribution in [0.2, 0.25) is 0 Å². The summed E-state index contributed by atoms with van der Waals surface area (Å²) in [6, 6.07) is 0. The molecule has 13 heteroatoms. The summed E-state index contributed by atoms with van der Waals surface area (Å²) in [6.07, 6.45) is 7.05. The molecular formula is C27H47FNO9PS. The molecule has 0 aromatic heterocycles. The standard InChI is InChI=1S/C27H47FNO9PS/c1-17(4-7-24(31)29-12-13-40(35,36)38-16-37-39(32,33)34)20-5-6-21-25-22(9-11-27(20,21)3)26(2)10-8-19(30)14-18(26)15-23(25)28/h17-23,25,30H,4-16H2,1-3H3,(H,29,31)(H2,32,33,34). The summed E-state index contributed by atoms with van der Waals surface area (Å²) in [4.78, 5) is 29.6. The first-order valence-corrected chi connectivity index (χ1v) is 17.8. The van der Waals surface area contributed by atoms with Crippen LogP contribution in [-0.4, -0.2) is 60.6 Å². The Kier molecular flexibility index (Phi) is 9.83. The van der Waals surface area contributed by atoms with E-state index in [2.05, 4.69) is 34.8 Å². The lowest BCUT2D eigenvalue weighted by Gasteiger charge is -2.62. The number of hydrogen-bond acceptors (Lipinski definition) is 7. The van der Waals surface area contributed by atoms with Crippen molar-refractivity contribution < 1.29 is 45.8 Å². The van der Waals surface area contributed by atoms with Gasteiger partial charge in [0.05, 0.1) is 11.9 Å². The molecule has 4 aliphatic rings. The van der Waals surface area contributed by atoms with Crippen molar-refractivity contribution in [2.24, 2.45) is 46.3 Å². The third kappa shape index (κ3) is 6.95. The fourth-order valence-electron chi connectivity index (χ4n) is 9.31. The van der Waals surface area contributed by atoms with Gasteiger partial charge in [0.1, 0.15) is 6.17 Å². The molecule has 4 saturated carbocycles. The van der Waals surface area contributed by atoms with E-state index in [4.69, 9.17) is 9.79 Å². The zero-order valence-corrected chi connectivity index (χ0v) is 25.5. The van der Waals surface area contributed by atoms with Crippen LogP contribution in [0.5, 0.6) is 0 Å². The summed E-state index contributed by atoms with van der Waals surface area (Å²) >= 11 is 0. The second-order valence-electron chi connectivity index (χ2n) is 13.4. The first kappa shape index (κ1) is 32.3. The fraction of sp³-hybridized carbons (Fsp3) is 0.963. The fourth-order valence-corrected chi connectivity index (χ4v) is 10.2. The number of fused-ring (bicyclic) bond motifs is 5. The summed E-state index contributed by atoms with van der Waals surface area (Å²) < 4.78 is 58.4. The summed E-state index contributed by atoms with van der Waals surface area (Å²) in [6.45, 7) is 5.58. The molecule has 0 aliphatic heterocycles. The molecule has 0 radical (unpaired) electrons. The maximum atomic E-state index is 15.9. The van der Waals surface area contributed by atoms with Crippen molar-refractivity contribution in [1.29, 1.82) is 0 Å². The Bertz CT molecular complexity index is 1070. The van der Waals surface area contributed by atoms with Crippen LogP contribution in [0.25, 0.3) is 0 Å². The summed E-state index contributed by atoms with van der Waals surface area (Å²) in [7, 11) is -8.96. The van der Waals surface area contributed by atoms with Gasteiger partial charge in [-0.1, -0.05) is 20.8 Å². The zero-order valence-electron chi connectivity index (χ0n) is 23.8. The topological polar surface area (TPSA) is 159 Å². The molecule has 4 N–H and O–H groups in total. The number of nitrogens with one attached hydrogen (secondary N) is 1. The van der Waals surface area contributed by atoms with Crippen LogP contribution >= 0.6 is 7.82 Å². The van der Waals surface area contributed by atoms with Gasteiger partial charge in [0.2, 0.25) is 5.91 Å². The smallest absolute Gasteiger partial charge is 0.393 e. The monoisotopic (exact) mass is 611 g/mol. The average molecular weight is 612 g/mol. The van der Waals surface area contributed by atoms with Gasteiger partial charge in [0, 0.05) is 13.0 Å². The van der Waals surface area contributed by atoms with Gasteiger partial charge in [-0.15, -0.1) is 0 Å². The molecule has 10 atom stereocenters. The molecule has 0 aromatic carbocycles. The molecule has 10 nitrogen and oxygen atoms in total. The molecule has 4 rings (SSSR count). The van der Waals surface area contributed by atoms with E-state index in [0.29, 0.717) is 30.6 Å². The van der Waals surface area contributed by atoms with Crippen LogP contribution in [0.1, 0.15) is 85.0 Å². The van der Waals surface area contributed by atoms with E-state index < -0.39 is 36.7 Å². The Balaban J connectivity index is 1.27. The Hall–Kier alpha value is -0.620. The quantitative estimate of drug-likeness (QED) is 0.154. The van der Waals surface area contributed by atoms with Gasteiger partial charge in [0.15, 0.2) is 6.79 Å². The van der Waals surface area contributed by atoms with E-state index in [1.807, 2.05) is 0 Å². The van der Waals surface area contributed by atoms with Crippen molar-refractivity contribution in [3.8, 4) is 0 Å². The highest BCUT2D eigenvalue weighted by Gasteiger charge is 2.63. The van der Waals surface area contributed by atoms with Crippen molar-refractivity contribution in [2.75, 3.05) is 19.1 Å². The normalized spacial score (nSPS) is 40.5. The SMILES string of the molecule is CC(CCC(=O)NCCS(=O)(=O)OCOP(=O)(O)O)C1CCC2C3C(F)CC4CC(O)CCC4(C)C3CCC12C. The van der Waals surface area contributed by atoms with Gasteiger partial charge in [-0.05, 0) is 104 Å². The highest BCUT2D eigenvalue weighted by molar-refractivity contribution is 7.86. The minimum absolute atomic E-state index is 0.0410. The molecule has 40 heavy (non-hydrogen) atoms. The van der Waals surface area contributed by atoms with Crippen LogP contribution in [-0.2, 0) is 28.2 Å². The lowest BCUT2D eigenvalue weighted by molar-refractivity contribution is -0.157. The summed E-state index contributed by atoms with van der Waals surface area (Å²) in [5, 5.41) is 12.8. The van der Waals surface area contributed by atoms with Gasteiger partial charge in [0.25, 0.3) is 10.1 Å². The molecule has 232 valence electrons. The van der Waals surface area contributed by atoms with Gasteiger partial charge in [-0.2, -0.15) is 8.42 Å². The average Bonchev–Trinajstić information content (AvgIpc) is 3.20. The van der Waals surface area contributed by atoms with E-state index >= 15 is 4.39 Å².